The van der Waals surface area contributed by atoms with Gasteiger partial charge < -0.3 is 5.32 Å². The van der Waals surface area contributed by atoms with Gasteiger partial charge in [0.05, 0.1) is 18.7 Å². The minimum atomic E-state index is 0.00523. The number of nitrogens with one attached hydrogen (secondary N) is 1. The maximum Gasteiger partial charge on any atom is 0.224 e. The highest BCUT2D eigenvalue weighted by molar-refractivity contribution is 6.31. The first-order valence-corrected chi connectivity index (χ1v) is 9.16. The molecule has 0 aliphatic heterocycles. The topological polar surface area (TPSA) is 46.9 Å². The molecule has 1 N–H and O–H groups in total. The molecule has 0 atom stereocenters. The largest absolute Gasteiger partial charge is 0.354 e. The minimum absolute atomic E-state index is 0.00523. The average molecular weight is 344 g/mol. The normalized spacial score (nSPS) is 17.0. The van der Waals surface area contributed by atoms with Gasteiger partial charge >= 0.3 is 0 Å². The van der Waals surface area contributed by atoms with Gasteiger partial charge in [0.1, 0.15) is 0 Å². The van der Waals surface area contributed by atoms with Gasteiger partial charge in [-0.25, -0.2) is 0 Å². The lowest BCUT2D eigenvalue weighted by Gasteiger charge is -2.09. The molecule has 1 aromatic carbocycles. The molecule has 1 amide bonds. The molecular formula is C19H22ClN3O. The number of halogens is 1. The van der Waals surface area contributed by atoms with Crippen LogP contribution in [0.4, 0.5) is 0 Å². The highest BCUT2D eigenvalue weighted by atomic mass is 35.5. The fraction of sp³-hybridized carbons (Fsp3) is 0.474. The highest BCUT2D eigenvalue weighted by Gasteiger charge is 2.32. The van der Waals surface area contributed by atoms with Crippen molar-refractivity contribution >= 4 is 17.5 Å². The number of carbonyl (C=O) groups is 1. The van der Waals surface area contributed by atoms with Gasteiger partial charge in [-0.15, -0.1) is 0 Å². The van der Waals surface area contributed by atoms with Crippen LogP contribution in [0.3, 0.4) is 0 Å². The summed E-state index contributed by atoms with van der Waals surface area (Å²) in [5.74, 6) is 1.37. The molecule has 126 valence electrons. The molecule has 0 spiro atoms. The summed E-state index contributed by atoms with van der Waals surface area (Å²) < 4.78 is 2.11. The van der Waals surface area contributed by atoms with Crippen LogP contribution in [0.1, 0.15) is 54.5 Å². The number of rotatable bonds is 7. The van der Waals surface area contributed by atoms with Gasteiger partial charge in [-0.3, -0.25) is 9.48 Å². The predicted molar refractivity (Wildman–Crippen MR) is 94.3 cm³/mol. The van der Waals surface area contributed by atoms with E-state index < -0.39 is 0 Å². The SMILES string of the molecule is O=C(Cc1ccccc1Cl)NCCn1nc(C2CC2)cc1C1CC1. The van der Waals surface area contributed by atoms with Crippen LogP contribution >= 0.6 is 11.6 Å². The van der Waals surface area contributed by atoms with E-state index in [2.05, 4.69) is 16.1 Å². The molecule has 0 saturated heterocycles. The zero-order valence-corrected chi connectivity index (χ0v) is 14.4. The number of benzene rings is 1. The lowest BCUT2D eigenvalue weighted by Crippen LogP contribution is -2.29. The molecule has 0 radical (unpaired) electrons. The summed E-state index contributed by atoms with van der Waals surface area (Å²) in [6, 6.07) is 9.77. The Kier molecular flexibility index (Phi) is 4.31. The summed E-state index contributed by atoms with van der Waals surface area (Å²) in [6.07, 6.45) is 5.41. The summed E-state index contributed by atoms with van der Waals surface area (Å²) in [4.78, 5) is 12.1. The Balaban J connectivity index is 1.32. The first kappa shape index (κ1) is 15.7. The summed E-state index contributed by atoms with van der Waals surface area (Å²) in [7, 11) is 0. The minimum Gasteiger partial charge on any atom is -0.354 e. The molecule has 5 heteroatoms. The highest BCUT2D eigenvalue weighted by Crippen LogP contribution is 2.44. The van der Waals surface area contributed by atoms with Crippen LogP contribution in [0.5, 0.6) is 0 Å². The van der Waals surface area contributed by atoms with E-state index in [0.717, 1.165) is 12.1 Å². The van der Waals surface area contributed by atoms with Crippen molar-refractivity contribution in [1.29, 1.82) is 0 Å². The zero-order chi connectivity index (χ0) is 16.5. The molecule has 2 saturated carbocycles. The summed E-state index contributed by atoms with van der Waals surface area (Å²) in [5.41, 5.74) is 3.47. The molecule has 24 heavy (non-hydrogen) atoms. The number of hydrogen-bond donors (Lipinski definition) is 1. The van der Waals surface area contributed by atoms with Gasteiger partial charge in [-0.1, -0.05) is 29.8 Å². The predicted octanol–water partition coefficient (Wildman–Crippen LogP) is 3.65. The smallest absolute Gasteiger partial charge is 0.224 e. The van der Waals surface area contributed by atoms with Crippen molar-refractivity contribution in [2.75, 3.05) is 6.54 Å². The number of aromatic nitrogens is 2. The maximum absolute atomic E-state index is 12.1. The van der Waals surface area contributed by atoms with Crippen molar-refractivity contribution in [3.05, 3.63) is 52.3 Å². The molecule has 2 aromatic rings. The summed E-state index contributed by atoms with van der Waals surface area (Å²) in [5, 5.41) is 8.41. The Labute approximate surface area is 147 Å². The van der Waals surface area contributed by atoms with Crippen LogP contribution in [0.2, 0.25) is 5.02 Å². The van der Waals surface area contributed by atoms with Crippen molar-refractivity contribution in [2.24, 2.45) is 0 Å². The molecule has 4 nitrogen and oxygen atoms in total. The Morgan fingerprint density at radius 3 is 2.67 bits per heavy atom. The van der Waals surface area contributed by atoms with Crippen LogP contribution in [-0.2, 0) is 17.8 Å². The molecule has 4 rings (SSSR count). The van der Waals surface area contributed by atoms with Gasteiger partial charge in [0.25, 0.3) is 0 Å². The number of nitrogens with zero attached hydrogens (tertiary/aromatic N) is 2. The van der Waals surface area contributed by atoms with Gasteiger partial charge in [-0.2, -0.15) is 5.10 Å². The molecule has 1 aromatic heterocycles. The Morgan fingerprint density at radius 2 is 1.96 bits per heavy atom. The molecule has 1 heterocycles. The maximum atomic E-state index is 12.1. The molecule has 2 aliphatic carbocycles. The van der Waals surface area contributed by atoms with Crippen molar-refractivity contribution < 1.29 is 4.79 Å². The number of hydrogen-bond acceptors (Lipinski definition) is 2. The second kappa shape index (κ2) is 6.60. The quantitative estimate of drug-likeness (QED) is 0.834. The van der Waals surface area contributed by atoms with Gasteiger partial charge in [0.15, 0.2) is 0 Å². The molecular weight excluding hydrogens is 322 g/mol. The standard InChI is InChI=1S/C19H22ClN3O/c20-16-4-2-1-3-15(16)11-19(24)21-9-10-23-18(14-7-8-14)12-17(22-23)13-5-6-13/h1-4,12-14H,5-11H2,(H,21,24). The number of amides is 1. The monoisotopic (exact) mass is 343 g/mol. The average Bonchev–Trinajstić information content (AvgIpc) is 3.48. The van der Waals surface area contributed by atoms with E-state index >= 15 is 0 Å². The van der Waals surface area contributed by atoms with Crippen molar-refractivity contribution in [2.45, 2.75) is 50.5 Å². The third-order valence-corrected chi connectivity index (χ3v) is 5.14. The van der Waals surface area contributed by atoms with Gasteiger partial charge in [0.2, 0.25) is 5.91 Å². The van der Waals surface area contributed by atoms with Crippen LogP contribution in [0.15, 0.2) is 30.3 Å². The van der Waals surface area contributed by atoms with Crippen molar-refractivity contribution in [1.82, 2.24) is 15.1 Å². The van der Waals surface area contributed by atoms with E-state index in [9.17, 15) is 4.79 Å². The fourth-order valence-corrected chi connectivity index (χ4v) is 3.30. The van der Waals surface area contributed by atoms with Crippen LogP contribution < -0.4 is 5.32 Å². The molecule has 0 unspecified atom stereocenters. The van der Waals surface area contributed by atoms with Gasteiger partial charge in [-0.05, 0) is 43.4 Å². The second-order valence-electron chi connectivity index (χ2n) is 6.88. The van der Waals surface area contributed by atoms with E-state index in [1.165, 1.54) is 37.1 Å². The van der Waals surface area contributed by atoms with Crippen molar-refractivity contribution in [3.63, 3.8) is 0 Å². The van der Waals surface area contributed by atoms with Crippen LogP contribution in [0.25, 0.3) is 0 Å². The van der Waals surface area contributed by atoms with E-state index in [1.54, 1.807) is 0 Å². The van der Waals surface area contributed by atoms with Crippen LogP contribution in [0, 0.1) is 0 Å². The summed E-state index contributed by atoms with van der Waals surface area (Å²) >= 11 is 6.10. The first-order chi connectivity index (χ1) is 11.7. The number of carbonyl (C=O) groups excluding carboxylic acids is 1. The van der Waals surface area contributed by atoms with E-state index in [4.69, 9.17) is 16.7 Å². The Hall–Kier alpha value is -1.81. The lowest BCUT2D eigenvalue weighted by molar-refractivity contribution is -0.120. The molecule has 2 fully saturated rings. The zero-order valence-electron chi connectivity index (χ0n) is 13.7. The third-order valence-electron chi connectivity index (χ3n) is 4.78. The second-order valence-corrected chi connectivity index (χ2v) is 7.29. The molecule has 2 aliphatic rings. The summed E-state index contributed by atoms with van der Waals surface area (Å²) in [6.45, 7) is 1.35. The Morgan fingerprint density at radius 1 is 1.21 bits per heavy atom. The van der Waals surface area contributed by atoms with E-state index in [1.807, 2.05) is 24.3 Å². The molecule has 0 bridgehead atoms. The van der Waals surface area contributed by atoms with E-state index in [0.29, 0.717) is 29.8 Å². The van der Waals surface area contributed by atoms with Crippen molar-refractivity contribution in [3.8, 4) is 0 Å². The first-order valence-electron chi connectivity index (χ1n) is 8.78. The third kappa shape index (κ3) is 3.64. The van der Waals surface area contributed by atoms with Gasteiger partial charge in [0, 0.05) is 29.1 Å². The lowest BCUT2D eigenvalue weighted by atomic mass is 10.1. The Bertz CT molecular complexity index is 747. The van der Waals surface area contributed by atoms with Crippen LogP contribution in [-0.4, -0.2) is 22.2 Å². The van der Waals surface area contributed by atoms with E-state index in [-0.39, 0.29) is 5.91 Å². The fourth-order valence-electron chi connectivity index (χ4n) is 3.10.